The van der Waals surface area contributed by atoms with E-state index in [4.69, 9.17) is 14.7 Å². The second-order valence-electron chi connectivity index (χ2n) is 14.0. The van der Waals surface area contributed by atoms with Gasteiger partial charge in [-0.1, -0.05) is 36.4 Å². The third-order valence-corrected chi connectivity index (χ3v) is 11.3. The second kappa shape index (κ2) is 11.9. The number of hydrogen-bond donors (Lipinski definition) is 2. The fourth-order valence-corrected chi connectivity index (χ4v) is 10.1. The summed E-state index contributed by atoms with van der Waals surface area (Å²) in [6.45, 7) is 0.292. The molecule has 11 heteroatoms. The van der Waals surface area contributed by atoms with Crippen molar-refractivity contribution in [2.24, 2.45) is 11.8 Å². The lowest BCUT2D eigenvalue weighted by Crippen LogP contribution is -2.75. The van der Waals surface area contributed by atoms with Crippen LogP contribution in [-0.4, -0.2) is 71.0 Å². The lowest BCUT2D eigenvalue weighted by molar-refractivity contribution is -0.167. The summed E-state index contributed by atoms with van der Waals surface area (Å²) in [4.78, 5) is 42.9. The van der Waals surface area contributed by atoms with Crippen LogP contribution >= 0.6 is 0 Å². The number of carboxylic acid groups (broad SMARTS) is 1. The van der Waals surface area contributed by atoms with Gasteiger partial charge in [0.2, 0.25) is 0 Å². The first kappa shape index (κ1) is 32.2. The summed E-state index contributed by atoms with van der Waals surface area (Å²) in [6.07, 6.45) is 6.00. The monoisotopic (exact) mass is 661 g/mol. The summed E-state index contributed by atoms with van der Waals surface area (Å²) in [7, 11) is 4.93. The molecule has 49 heavy (non-hydrogen) atoms. The maximum atomic E-state index is 13.8. The summed E-state index contributed by atoms with van der Waals surface area (Å²) >= 11 is 0. The molecule has 4 aliphatic carbocycles. The predicted octanol–water partition coefficient (Wildman–Crippen LogP) is 5.52. The van der Waals surface area contributed by atoms with Crippen molar-refractivity contribution >= 4 is 28.7 Å². The summed E-state index contributed by atoms with van der Waals surface area (Å²) < 4.78 is 13.1. The van der Waals surface area contributed by atoms with E-state index in [1.807, 2.05) is 48.5 Å². The van der Waals surface area contributed by atoms with Gasteiger partial charge in [0.1, 0.15) is 11.5 Å². The molecule has 11 nitrogen and oxygen atoms in total. The quantitative estimate of drug-likeness (QED) is 0.238. The molecule has 2 N–H and O–H groups in total. The fraction of sp³-hybridized carbons (Fsp3) is 0.395. The normalized spacial score (nSPS) is 26.6. The van der Waals surface area contributed by atoms with Crippen LogP contribution in [0.15, 0.2) is 73.1 Å². The minimum absolute atomic E-state index is 0.0582. The Hall–Kier alpha value is -5.37. The van der Waals surface area contributed by atoms with Crippen LogP contribution in [0.2, 0.25) is 0 Å². The van der Waals surface area contributed by atoms with Crippen molar-refractivity contribution in [2.75, 3.05) is 27.8 Å². The number of carboxylic acids is 1. The Morgan fingerprint density at radius 3 is 2.39 bits per heavy atom. The Morgan fingerprint density at radius 2 is 1.73 bits per heavy atom. The van der Waals surface area contributed by atoms with Gasteiger partial charge in [0.15, 0.2) is 0 Å². The lowest BCUT2D eigenvalue weighted by Gasteiger charge is -2.69. The Balaban J connectivity index is 1.48. The number of rotatable bonds is 9. The number of amides is 2. The third kappa shape index (κ3) is 4.92. The van der Waals surface area contributed by atoms with Gasteiger partial charge in [0, 0.05) is 47.9 Å². The molecule has 1 heterocycles. The average molecular weight is 662 g/mol. The van der Waals surface area contributed by atoms with Gasteiger partial charge in [-0.05, 0) is 78.6 Å². The number of carbonyl (C=O) groups is 3. The molecule has 2 amide bonds. The highest BCUT2D eigenvalue weighted by atomic mass is 16.5. The number of aliphatic carboxylic acids is 1. The van der Waals surface area contributed by atoms with Crippen LogP contribution in [0.4, 0.5) is 4.79 Å². The molecule has 4 bridgehead atoms. The van der Waals surface area contributed by atoms with Crippen molar-refractivity contribution in [3.8, 4) is 17.6 Å². The van der Waals surface area contributed by atoms with Crippen molar-refractivity contribution < 1.29 is 29.0 Å². The van der Waals surface area contributed by atoms with E-state index in [0.29, 0.717) is 54.7 Å². The van der Waals surface area contributed by atoms with E-state index in [-0.39, 0.29) is 18.2 Å². The molecule has 5 atom stereocenters. The smallest absolute Gasteiger partial charge is 0.342 e. The Kier molecular flexibility index (Phi) is 7.85. The molecular formula is C38H39N5O6. The predicted molar refractivity (Wildman–Crippen MR) is 181 cm³/mol. The van der Waals surface area contributed by atoms with Crippen molar-refractivity contribution in [3.05, 3.63) is 89.7 Å². The van der Waals surface area contributed by atoms with Gasteiger partial charge in [-0.25, -0.2) is 4.79 Å². The van der Waals surface area contributed by atoms with Gasteiger partial charge >= 0.3 is 12.0 Å². The van der Waals surface area contributed by atoms with Crippen LogP contribution in [0.3, 0.4) is 0 Å². The van der Waals surface area contributed by atoms with Crippen molar-refractivity contribution in [1.29, 1.82) is 5.26 Å². The molecule has 8 rings (SSSR count). The van der Waals surface area contributed by atoms with Crippen LogP contribution in [0, 0.1) is 23.2 Å². The molecule has 1 aromatic heterocycles. The highest BCUT2D eigenvalue weighted by molar-refractivity contribution is 6.08. The van der Waals surface area contributed by atoms with E-state index in [1.54, 1.807) is 39.6 Å². The van der Waals surface area contributed by atoms with Crippen LogP contribution in [0.25, 0.3) is 10.8 Å². The van der Waals surface area contributed by atoms with E-state index >= 15 is 0 Å². The Bertz CT molecular complexity index is 1980. The standard InChI is InChI=1S/C38H39N5O6/c1-42(17-7-15-39)33(44)27-13-14-28(26-10-5-4-9-25(26)27)37-20-24-19-36(22-37,31-29(48-2)11-6-12-30(31)49-3)23-38(21-24,32(37)34(45)46)41-35(47)43-18-8-16-40-43/h4-6,8-14,16,18,24,32H,7,17,19-23H2,1-3H3,(H,41,47)(H,45,46). The number of hydrogen-bond acceptors (Lipinski definition) is 7. The third-order valence-electron chi connectivity index (χ3n) is 11.3. The number of benzene rings is 3. The van der Waals surface area contributed by atoms with Crippen LogP contribution in [0.5, 0.6) is 11.5 Å². The van der Waals surface area contributed by atoms with Gasteiger partial charge in [-0.2, -0.15) is 15.0 Å². The molecule has 0 saturated heterocycles. The van der Waals surface area contributed by atoms with E-state index in [2.05, 4.69) is 16.5 Å². The molecule has 0 aliphatic heterocycles. The molecule has 0 radical (unpaired) electrons. The molecule has 4 aromatic rings. The highest BCUT2D eigenvalue weighted by Crippen LogP contribution is 2.71. The first-order chi connectivity index (χ1) is 23.6. The van der Waals surface area contributed by atoms with Crippen molar-refractivity contribution in [3.63, 3.8) is 0 Å². The highest BCUT2D eigenvalue weighted by Gasteiger charge is 2.72. The number of carbonyl (C=O) groups excluding carboxylic acids is 2. The first-order valence-electron chi connectivity index (χ1n) is 16.5. The Labute approximate surface area is 284 Å². The number of nitrogens with zero attached hydrogens (tertiary/aromatic N) is 4. The molecule has 4 aliphatic rings. The van der Waals surface area contributed by atoms with E-state index in [0.717, 1.165) is 22.9 Å². The zero-order valence-electron chi connectivity index (χ0n) is 27.8. The lowest BCUT2D eigenvalue weighted by atomic mass is 9.35. The van der Waals surface area contributed by atoms with Crippen molar-refractivity contribution in [2.45, 2.75) is 54.9 Å². The van der Waals surface area contributed by atoms with Gasteiger partial charge in [-0.3, -0.25) is 9.59 Å². The average Bonchev–Trinajstić information content (AvgIpc) is 3.64. The topological polar surface area (TPSA) is 147 Å². The maximum absolute atomic E-state index is 13.8. The first-order valence-corrected chi connectivity index (χ1v) is 16.5. The number of nitrogens with one attached hydrogen (secondary N) is 1. The largest absolute Gasteiger partial charge is 0.496 e. The van der Waals surface area contributed by atoms with E-state index in [9.17, 15) is 19.5 Å². The van der Waals surface area contributed by atoms with Gasteiger partial charge in [0.05, 0.1) is 38.2 Å². The zero-order chi connectivity index (χ0) is 34.6. The molecule has 5 unspecified atom stereocenters. The number of nitriles is 1. The van der Waals surface area contributed by atoms with E-state index in [1.165, 1.54) is 15.8 Å². The van der Waals surface area contributed by atoms with Gasteiger partial charge in [-0.15, -0.1) is 0 Å². The molecule has 3 aromatic carbocycles. The van der Waals surface area contributed by atoms with Crippen LogP contribution < -0.4 is 14.8 Å². The van der Waals surface area contributed by atoms with Crippen LogP contribution in [0.1, 0.15) is 60.0 Å². The van der Waals surface area contributed by atoms with Gasteiger partial charge < -0.3 is 24.8 Å². The number of fused-ring (bicyclic) bond motifs is 1. The molecule has 4 saturated carbocycles. The SMILES string of the molecule is COc1cccc(OC)c1C12CC3CC(NC(=O)n4cccn4)(C1)C(C(=O)O)C(c1ccc(C(=O)N(C)CCC#N)c4ccccc14)(C3)C2. The summed E-state index contributed by atoms with van der Waals surface area (Å²) in [5.74, 6) is -0.819. The molecule has 0 spiro atoms. The molecule has 4 fully saturated rings. The molecular weight excluding hydrogens is 622 g/mol. The Morgan fingerprint density at radius 1 is 1.00 bits per heavy atom. The van der Waals surface area contributed by atoms with Gasteiger partial charge in [0.25, 0.3) is 5.91 Å². The maximum Gasteiger partial charge on any atom is 0.342 e. The zero-order valence-corrected chi connectivity index (χ0v) is 27.8. The van der Waals surface area contributed by atoms with E-state index < -0.39 is 34.3 Å². The van der Waals surface area contributed by atoms with Crippen molar-refractivity contribution in [1.82, 2.24) is 20.0 Å². The summed E-state index contributed by atoms with van der Waals surface area (Å²) in [5.41, 5.74) is -0.498. The minimum Gasteiger partial charge on any atom is -0.496 e. The summed E-state index contributed by atoms with van der Waals surface area (Å²) in [5, 5.41) is 29.3. The minimum atomic E-state index is -1.15. The number of ether oxygens (including phenoxy) is 2. The summed E-state index contributed by atoms with van der Waals surface area (Å²) in [6, 6.07) is 20.3. The number of methoxy groups -OCH3 is 2. The van der Waals surface area contributed by atoms with Crippen LogP contribution in [-0.2, 0) is 15.6 Å². The second-order valence-corrected chi connectivity index (χ2v) is 14.0. The number of aromatic nitrogens is 2. The molecule has 252 valence electrons. The fourth-order valence-electron chi connectivity index (χ4n) is 10.1.